The van der Waals surface area contributed by atoms with Gasteiger partial charge in [-0.15, -0.1) is 11.3 Å². The molecule has 1 aliphatic carbocycles. The summed E-state index contributed by atoms with van der Waals surface area (Å²) in [5.74, 6) is -0.236. The minimum Gasteiger partial charge on any atom is -0.442 e. The number of nitriles is 1. The largest absolute Gasteiger partial charge is 0.442 e. The van der Waals surface area contributed by atoms with Crippen LogP contribution in [-0.4, -0.2) is 42.1 Å². The lowest BCUT2D eigenvalue weighted by atomic mass is 10.0. The molecule has 1 aliphatic heterocycles. The van der Waals surface area contributed by atoms with Crippen molar-refractivity contribution in [3.8, 4) is 6.07 Å². The van der Waals surface area contributed by atoms with Crippen molar-refractivity contribution >= 4 is 34.9 Å². The van der Waals surface area contributed by atoms with Gasteiger partial charge in [-0.3, -0.25) is 9.69 Å². The number of rotatable bonds is 4. The number of hydrogen-bond acceptors (Lipinski definition) is 5. The monoisotopic (exact) mass is 363 g/mol. The van der Waals surface area contributed by atoms with Crippen LogP contribution in [0.2, 0.25) is 4.34 Å². The SMILES string of the molecule is N#CC1=CCC(N2C[C@H](CNC(=O)c3ccc(Cl)s3)OC2=O)C=C1. The Morgan fingerprint density at radius 3 is 3.00 bits per heavy atom. The van der Waals surface area contributed by atoms with Crippen molar-refractivity contribution in [2.24, 2.45) is 0 Å². The van der Waals surface area contributed by atoms with Crippen molar-refractivity contribution in [2.75, 3.05) is 13.1 Å². The number of ether oxygens (including phenoxy) is 1. The molecule has 1 fully saturated rings. The third-order valence-corrected chi connectivity index (χ3v) is 5.03. The Morgan fingerprint density at radius 2 is 2.38 bits per heavy atom. The van der Waals surface area contributed by atoms with Crippen molar-refractivity contribution in [1.82, 2.24) is 10.2 Å². The Kier molecular flexibility index (Phi) is 4.88. The summed E-state index contributed by atoms with van der Waals surface area (Å²) in [5, 5.41) is 11.6. The van der Waals surface area contributed by atoms with E-state index in [2.05, 4.69) is 11.4 Å². The zero-order valence-electron chi connectivity index (χ0n) is 12.6. The fourth-order valence-electron chi connectivity index (χ4n) is 2.57. The molecule has 2 amide bonds. The topological polar surface area (TPSA) is 82.4 Å². The van der Waals surface area contributed by atoms with Crippen LogP contribution < -0.4 is 5.32 Å². The van der Waals surface area contributed by atoms with Gasteiger partial charge in [-0.05, 0) is 24.6 Å². The lowest BCUT2D eigenvalue weighted by Gasteiger charge is -2.23. The van der Waals surface area contributed by atoms with Crippen LogP contribution in [0.1, 0.15) is 16.1 Å². The normalized spacial score (nSPS) is 22.8. The summed E-state index contributed by atoms with van der Waals surface area (Å²) in [6.45, 7) is 0.640. The molecule has 2 aliphatic rings. The highest BCUT2D eigenvalue weighted by Crippen LogP contribution is 2.23. The number of carbonyl (C=O) groups excluding carboxylic acids is 2. The number of thiophene rings is 1. The molecule has 0 saturated carbocycles. The molecule has 1 unspecified atom stereocenters. The lowest BCUT2D eigenvalue weighted by molar-refractivity contribution is 0.0918. The summed E-state index contributed by atoms with van der Waals surface area (Å²) < 4.78 is 5.85. The third-order valence-electron chi connectivity index (χ3n) is 3.80. The maximum atomic E-state index is 12.0. The molecule has 6 nitrogen and oxygen atoms in total. The van der Waals surface area contributed by atoms with Gasteiger partial charge in [-0.25, -0.2) is 4.79 Å². The van der Waals surface area contributed by atoms with E-state index in [1.54, 1.807) is 29.2 Å². The van der Waals surface area contributed by atoms with Gasteiger partial charge >= 0.3 is 6.09 Å². The van der Waals surface area contributed by atoms with Gasteiger partial charge in [0, 0.05) is 5.57 Å². The number of nitrogens with one attached hydrogen (secondary N) is 1. The molecule has 1 aromatic rings. The van der Waals surface area contributed by atoms with Gasteiger partial charge in [0.05, 0.1) is 34.4 Å². The fraction of sp³-hybridized carbons (Fsp3) is 0.312. The van der Waals surface area contributed by atoms with E-state index in [1.807, 2.05) is 6.08 Å². The van der Waals surface area contributed by atoms with E-state index < -0.39 is 12.2 Å². The van der Waals surface area contributed by atoms with Gasteiger partial charge in [-0.2, -0.15) is 5.26 Å². The first kappa shape index (κ1) is 16.6. The molecule has 1 N–H and O–H groups in total. The van der Waals surface area contributed by atoms with Crippen LogP contribution in [0.5, 0.6) is 0 Å². The van der Waals surface area contributed by atoms with Crippen LogP contribution in [0.25, 0.3) is 0 Å². The minimum absolute atomic E-state index is 0.119. The Morgan fingerprint density at radius 1 is 1.54 bits per heavy atom. The standard InChI is InChI=1S/C16H14ClN3O3S/c17-14-6-5-13(24-14)15(21)19-8-12-9-20(16(22)23-12)11-3-1-10(7-18)2-4-11/h1-3,5-6,11-12H,4,8-9H2,(H,19,21)/t11?,12-/m0/s1. The number of cyclic esters (lactones) is 1. The number of nitrogens with zero attached hydrogens (tertiary/aromatic N) is 2. The smallest absolute Gasteiger partial charge is 0.410 e. The molecule has 2 atom stereocenters. The molecule has 124 valence electrons. The van der Waals surface area contributed by atoms with E-state index in [0.29, 0.717) is 27.8 Å². The molecular weight excluding hydrogens is 350 g/mol. The molecule has 3 rings (SSSR count). The quantitative estimate of drug-likeness (QED) is 0.891. The summed E-state index contributed by atoms with van der Waals surface area (Å²) in [6.07, 6.45) is 5.11. The van der Waals surface area contributed by atoms with E-state index in [9.17, 15) is 9.59 Å². The summed E-state index contributed by atoms with van der Waals surface area (Å²) >= 11 is 7.01. The number of hydrogen-bond donors (Lipinski definition) is 1. The van der Waals surface area contributed by atoms with Gasteiger partial charge in [-0.1, -0.05) is 23.8 Å². The molecular formula is C16H14ClN3O3S. The van der Waals surface area contributed by atoms with Crippen molar-refractivity contribution < 1.29 is 14.3 Å². The maximum absolute atomic E-state index is 12.0. The average molecular weight is 364 g/mol. The Bertz CT molecular complexity index is 765. The predicted molar refractivity (Wildman–Crippen MR) is 89.9 cm³/mol. The van der Waals surface area contributed by atoms with Crippen molar-refractivity contribution in [1.29, 1.82) is 5.26 Å². The van der Waals surface area contributed by atoms with Gasteiger partial charge in [0.2, 0.25) is 0 Å². The fourth-order valence-corrected chi connectivity index (χ4v) is 3.53. The summed E-state index contributed by atoms with van der Waals surface area (Å²) in [6, 6.07) is 5.27. The second-order valence-corrected chi connectivity index (χ2v) is 7.12. The maximum Gasteiger partial charge on any atom is 0.410 e. The van der Waals surface area contributed by atoms with Gasteiger partial charge in [0.15, 0.2) is 0 Å². The summed E-state index contributed by atoms with van der Waals surface area (Å²) in [4.78, 5) is 26.1. The van der Waals surface area contributed by atoms with Gasteiger partial charge < -0.3 is 10.1 Å². The first-order valence-corrected chi connectivity index (χ1v) is 8.55. The van der Waals surface area contributed by atoms with E-state index in [0.717, 1.165) is 0 Å². The highest BCUT2D eigenvalue weighted by atomic mass is 35.5. The number of amides is 2. The van der Waals surface area contributed by atoms with Crippen LogP contribution in [0.15, 0.2) is 35.9 Å². The zero-order chi connectivity index (χ0) is 17.1. The second-order valence-electron chi connectivity index (χ2n) is 5.41. The molecule has 0 aromatic carbocycles. The third kappa shape index (κ3) is 3.61. The van der Waals surface area contributed by atoms with Crippen LogP contribution in [-0.2, 0) is 4.74 Å². The second kappa shape index (κ2) is 7.07. The van der Waals surface area contributed by atoms with Crippen LogP contribution in [0, 0.1) is 11.3 Å². The molecule has 24 heavy (non-hydrogen) atoms. The Hall–Kier alpha value is -2.30. The molecule has 2 heterocycles. The number of allylic oxidation sites excluding steroid dienone is 2. The van der Waals surface area contributed by atoms with Crippen molar-refractivity contribution in [3.05, 3.63) is 45.1 Å². The summed E-state index contributed by atoms with van der Waals surface area (Å²) in [5.41, 5.74) is 0.595. The van der Waals surface area contributed by atoms with Gasteiger partial charge in [0.1, 0.15) is 6.10 Å². The number of carbonyl (C=O) groups is 2. The molecule has 0 spiro atoms. The molecule has 1 aromatic heterocycles. The number of halogens is 1. The van der Waals surface area contributed by atoms with E-state index in [4.69, 9.17) is 21.6 Å². The predicted octanol–water partition coefficient (Wildman–Crippen LogP) is 2.73. The molecule has 8 heteroatoms. The van der Waals surface area contributed by atoms with Gasteiger partial charge in [0.25, 0.3) is 5.91 Å². The van der Waals surface area contributed by atoms with E-state index in [1.165, 1.54) is 11.3 Å². The Balaban J connectivity index is 1.52. The average Bonchev–Trinajstić information content (AvgIpc) is 3.18. The summed E-state index contributed by atoms with van der Waals surface area (Å²) in [7, 11) is 0. The first-order valence-electron chi connectivity index (χ1n) is 7.36. The highest BCUT2D eigenvalue weighted by Gasteiger charge is 2.35. The minimum atomic E-state index is -0.406. The van der Waals surface area contributed by atoms with Crippen molar-refractivity contribution in [3.63, 3.8) is 0 Å². The first-order chi connectivity index (χ1) is 11.6. The molecule has 0 bridgehead atoms. The van der Waals surface area contributed by atoms with E-state index in [-0.39, 0.29) is 18.5 Å². The zero-order valence-corrected chi connectivity index (χ0v) is 14.1. The highest BCUT2D eigenvalue weighted by molar-refractivity contribution is 7.17. The van der Waals surface area contributed by atoms with E-state index >= 15 is 0 Å². The van der Waals surface area contributed by atoms with Crippen LogP contribution in [0.3, 0.4) is 0 Å². The van der Waals surface area contributed by atoms with Crippen molar-refractivity contribution in [2.45, 2.75) is 18.6 Å². The lowest BCUT2D eigenvalue weighted by Crippen LogP contribution is -2.37. The van der Waals surface area contributed by atoms with Crippen LogP contribution in [0.4, 0.5) is 4.79 Å². The Labute approximate surface area is 148 Å². The van der Waals surface area contributed by atoms with Crippen LogP contribution >= 0.6 is 22.9 Å². The molecule has 1 saturated heterocycles. The molecule has 0 radical (unpaired) electrons.